The van der Waals surface area contributed by atoms with E-state index < -0.39 is 0 Å². The van der Waals surface area contributed by atoms with Gasteiger partial charge in [-0.05, 0) is 26.0 Å². The molecule has 5 heteroatoms. The van der Waals surface area contributed by atoms with Gasteiger partial charge in [0.1, 0.15) is 5.75 Å². The van der Waals surface area contributed by atoms with Gasteiger partial charge in [0.15, 0.2) is 5.82 Å². The molecule has 1 N–H and O–H groups in total. The van der Waals surface area contributed by atoms with E-state index in [0.717, 1.165) is 54.7 Å². The Bertz CT molecular complexity index is 642. The summed E-state index contributed by atoms with van der Waals surface area (Å²) in [5.74, 6) is 1.53. The fourth-order valence-corrected chi connectivity index (χ4v) is 3.01. The maximum absolute atomic E-state index is 5.43. The fourth-order valence-electron chi connectivity index (χ4n) is 3.01. The van der Waals surface area contributed by atoms with E-state index in [4.69, 9.17) is 14.7 Å². The Morgan fingerprint density at radius 3 is 2.32 bits per heavy atom. The molecule has 1 fully saturated rings. The van der Waals surface area contributed by atoms with E-state index in [2.05, 4.69) is 24.1 Å². The van der Waals surface area contributed by atoms with E-state index in [1.807, 2.05) is 24.3 Å². The molecule has 0 aliphatic carbocycles. The number of hydrogen-bond acceptors (Lipinski definition) is 5. The molecule has 0 unspecified atom stereocenters. The van der Waals surface area contributed by atoms with Crippen molar-refractivity contribution in [2.75, 3.05) is 38.2 Å². The lowest BCUT2D eigenvalue weighted by Gasteiger charge is -2.31. The third-order valence-corrected chi connectivity index (χ3v) is 4.01. The van der Waals surface area contributed by atoms with Crippen molar-refractivity contribution < 1.29 is 4.74 Å². The van der Waals surface area contributed by atoms with Crippen LogP contribution in [0.4, 0.5) is 5.69 Å². The number of piperazine rings is 1. The molecule has 22 heavy (non-hydrogen) atoms. The molecule has 1 saturated heterocycles. The first kappa shape index (κ1) is 14.8. The summed E-state index contributed by atoms with van der Waals surface area (Å²) < 4.78 is 5.43. The number of anilines is 1. The molecule has 0 atom stereocenters. The highest BCUT2D eigenvalue weighted by Gasteiger charge is 2.19. The van der Waals surface area contributed by atoms with Crippen molar-refractivity contribution >= 4 is 5.69 Å². The van der Waals surface area contributed by atoms with Crippen molar-refractivity contribution in [1.82, 2.24) is 15.3 Å². The summed E-state index contributed by atoms with van der Waals surface area (Å²) in [4.78, 5) is 11.8. The van der Waals surface area contributed by atoms with Crippen LogP contribution in [0.3, 0.4) is 0 Å². The molecule has 116 valence electrons. The fraction of sp³-hybridized carbons (Fsp3) is 0.412. The number of hydrogen-bond donors (Lipinski definition) is 1. The van der Waals surface area contributed by atoms with Crippen LogP contribution in [0, 0.1) is 13.8 Å². The van der Waals surface area contributed by atoms with Gasteiger partial charge in [-0.3, -0.25) is 0 Å². The summed E-state index contributed by atoms with van der Waals surface area (Å²) in [6, 6.07) is 7.87. The van der Waals surface area contributed by atoms with Crippen LogP contribution < -0.4 is 15.0 Å². The zero-order chi connectivity index (χ0) is 15.5. The smallest absolute Gasteiger partial charge is 0.163 e. The number of nitrogens with one attached hydrogen (secondary N) is 1. The van der Waals surface area contributed by atoms with Crippen LogP contribution in [0.2, 0.25) is 0 Å². The lowest BCUT2D eigenvalue weighted by molar-refractivity contribution is 0.416. The normalized spacial score (nSPS) is 15.0. The molecule has 0 amide bonds. The van der Waals surface area contributed by atoms with Crippen molar-refractivity contribution in [2.45, 2.75) is 13.8 Å². The lowest BCUT2D eigenvalue weighted by Crippen LogP contribution is -2.44. The van der Waals surface area contributed by atoms with Crippen LogP contribution in [0.15, 0.2) is 24.3 Å². The predicted octanol–water partition coefficient (Wildman–Crippen LogP) is 2.18. The van der Waals surface area contributed by atoms with Crippen LogP contribution in [-0.4, -0.2) is 43.3 Å². The minimum atomic E-state index is 0.728. The Labute approximate surface area is 131 Å². The molecule has 1 aliphatic heterocycles. The Kier molecular flexibility index (Phi) is 4.24. The Balaban J connectivity index is 2.02. The van der Waals surface area contributed by atoms with Gasteiger partial charge in [-0.25, -0.2) is 9.97 Å². The van der Waals surface area contributed by atoms with Gasteiger partial charge in [-0.2, -0.15) is 0 Å². The molecule has 2 aromatic rings. The van der Waals surface area contributed by atoms with Gasteiger partial charge in [-0.15, -0.1) is 0 Å². The van der Waals surface area contributed by atoms with Crippen LogP contribution >= 0.6 is 0 Å². The molecule has 0 spiro atoms. The van der Waals surface area contributed by atoms with E-state index in [0.29, 0.717) is 0 Å². The Morgan fingerprint density at radius 1 is 1.05 bits per heavy atom. The summed E-state index contributed by atoms with van der Waals surface area (Å²) >= 11 is 0. The maximum Gasteiger partial charge on any atom is 0.163 e. The van der Waals surface area contributed by atoms with E-state index >= 15 is 0 Å². The lowest BCUT2D eigenvalue weighted by atomic mass is 10.1. The molecule has 2 heterocycles. The largest absolute Gasteiger partial charge is 0.496 e. The predicted molar refractivity (Wildman–Crippen MR) is 88.6 cm³/mol. The molecule has 1 aromatic carbocycles. The van der Waals surface area contributed by atoms with Gasteiger partial charge in [0.05, 0.1) is 29.7 Å². The number of rotatable bonds is 3. The number of methoxy groups -OCH3 is 1. The first-order valence-electron chi connectivity index (χ1n) is 7.65. The van der Waals surface area contributed by atoms with Crippen molar-refractivity contribution in [3.05, 3.63) is 35.7 Å². The van der Waals surface area contributed by atoms with Crippen molar-refractivity contribution in [3.63, 3.8) is 0 Å². The monoisotopic (exact) mass is 298 g/mol. The zero-order valence-corrected chi connectivity index (χ0v) is 13.4. The van der Waals surface area contributed by atoms with Gasteiger partial charge >= 0.3 is 0 Å². The molecular weight excluding hydrogens is 276 g/mol. The highest BCUT2D eigenvalue weighted by Crippen LogP contribution is 2.30. The first-order chi connectivity index (χ1) is 10.7. The van der Waals surface area contributed by atoms with E-state index in [9.17, 15) is 0 Å². The Hall–Kier alpha value is -2.14. The number of para-hydroxylation sites is 1. The number of ether oxygens (including phenoxy) is 1. The van der Waals surface area contributed by atoms with Crippen LogP contribution in [0.1, 0.15) is 11.4 Å². The minimum absolute atomic E-state index is 0.728. The van der Waals surface area contributed by atoms with Gasteiger partial charge in [0.2, 0.25) is 0 Å². The second-order valence-corrected chi connectivity index (χ2v) is 5.50. The number of aromatic nitrogens is 2. The maximum atomic E-state index is 5.43. The highest BCUT2D eigenvalue weighted by molar-refractivity contribution is 5.67. The topological polar surface area (TPSA) is 50.3 Å². The third-order valence-electron chi connectivity index (χ3n) is 4.01. The average Bonchev–Trinajstić information content (AvgIpc) is 2.55. The van der Waals surface area contributed by atoms with E-state index in [1.165, 1.54) is 5.69 Å². The summed E-state index contributed by atoms with van der Waals surface area (Å²) in [5, 5.41) is 3.38. The van der Waals surface area contributed by atoms with Gasteiger partial charge in [-0.1, -0.05) is 12.1 Å². The average molecular weight is 298 g/mol. The summed E-state index contributed by atoms with van der Waals surface area (Å²) in [6.07, 6.45) is 0. The van der Waals surface area contributed by atoms with Gasteiger partial charge < -0.3 is 15.0 Å². The quantitative estimate of drug-likeness (QED) is 0.941. The van der Waals surface area contributed by atoms with Gasteiger partial charge in [0, 0.05) is 26.2 Å². The second kappa shape index (κ2) is 6.32. The summed E-state index contributed by atoms with van der Waals surface area (Å²) in [5.41, 5.74) is 4.15. The minimum Gasteiger partial charge on any atom is -0.496 e. The highest BCUT2D eigenvalue weighted by atomic mass is 16.5. The van der Waals surface area contributed by atoms with Crippen LogP contribution in [0.25, 0.3) is 11.4 Å². The molecule has 0 radical (unpaired) electrons. The van der Waals surface area contributed by atoms with Crippen molar-refractivity contribution in [1.29, 1.82) is 0 Å². The number of nitrogens with zero attached hydrogens (tertiary/aromatic N) is 3. The summed E-state index contributed by atoms with van der Waals surface area (Å²) in [7, 11) is 1.67. The first-order valence-corrected chi connectivity index (χ1v) is 7.65. The molecule has 3 rings (SSSR count). The van der Waals surface area contributed by atoms with Crippen molar-refractivity contribution in [3.8, 4) is 17.1 Å². The molecule has 1 aromatic heterocycles. The second-order valence-electron chi connectivity index (χ2n) is 5.50. The van der Waals surface area contributed by atoms with Crippen LogP contribution in [0.5, 0.6) is 5.75 Å². The zero-order valence-electron chi connectivity index (χ0n) is 13.4. The molecular formula is C17H22N4O. The summed E-state index contributed by atoms with van der Waals surface area (Å²) in [6.45, 7) is 8.13. The standard InChI is InChI=1S/C17H22N4O/c1-12-16(21-10-8-18-9-11-21)13(2)20-17(19-12)14-6-4-5-7-15(14)22-3/h4-7,18H,8-11H2,1-3H3. The van der Waals surface area contributed by atoms with E-state index in [1.54, 1.807) is 7.11 Å². The third kappa shape index (κ3) is 2.76. The molecule has 0 bridgehead atoms. The van der Waals surface area contributed by atoms with E-state index in [-0.39, 0.29) is 0 Å². The number of benzene rings is 1. The molecule has 0 saturated carbocycles. The van der Waals surface area contributed by atoms with Gasteiger partial charge in [0.25, 0.3) is 0 Å². The molecule has 5 nitrogen and oxygen atoms in total. The molecule has 1 aliphatic rings. The van der Waals surface area contributed by atoms with Crippen LogP contribution in [-0.2, 0) is 0 Å². The SMILES string of the molecule is COc1ccccc1-c1nc(C)c(N2CCNCC2)c(C)n1. The Morgan fingerprint density at radius 2 is 1.68 bits per heavy atom. The number of aryl methyl sites for hydroxylation is 2. The van der Waals surface area contributed by atoms with Crippen molar-refractivity contribution in [2.24, 2.45) is 0 Å².